The molecule has 1 amide bonds. The highest BCUT2D eigenvalue weighted by molar-refractivity contribution is 5.87. The number of nitrogens with one attached hydrogen (secondary N) is 1. The molecular formula is C16H25NO. The lowest BCUT2D eigenvalue weighted by Gasteiger charge is -2.03. The molecule has 0 aliphatic rings. The van der Waals surface area contributed by atoms with Crippen LogP contribution in [0.25, 0.3) is 0 Å². The van der Waals surface area contributed by atoms with Crippen molar-refractivity contribution in [1.82, 2.24) is 5.32 Å². The summed E-state index contributed by atoms with van der Waals surface area (Å²) in [6.07, 6.45) is 17.5. The van der Waals surface area contributed by atoms with Crippen molar-refractivity contribution in [2.45, 2.75) is 33.6 Å². The number of hydrogen-bond acceptors (Lipinski definition) is 1. The fourth-order valence-electron chi connectivity index (χ4n) is 1.16. The molecule has 0 aromatic rings. The maximum Gasteiger partial charge on any atom is 0.243 e. The van der Waals surface area contributed by atoms with Crippen LogP contribution in [0.4, 0.5) is 0 Å². The van der Waals surface area contributed by atoms with Crippen molar-refractivity contribution in [3.8, 4) is 0 Å². The Kier molecular flexibility index (Phi) is 10.9. The van der Waals surface area contributed by atoms with Gasteiger partial charge < -0.3 is 5.32 Å². The van der Waals surface area contributed by atoms with E-state index in [1.807, 2.05) is 43.4 Å². The smallest absolute Gasteiger partial charge is 0.243 e. The van der Waals surface area contributed by atoms with Crippen LogP contribution < -0.4 is 5.32 Å². The second kappa shape index (κ2) is 11.9. The molecule has 100 valence electrons. The van der Waals surface area contributed by atoms with E-state index in [0.29, 0.717) is 5.92 Å². The van der Waals surface area contributed by atoms with Gasteiger partial charge in [-0.25, -0.2) is 0 Å². The Morgan fingerprint density at radius 3 is 2.39 bits per heavy atom. The summed E-state index contributed by atoms with van der Waals surface area (Å²) < 4.78 is 0. The molecule has 0 unspecified atom stereocenters. The summed E-state index contributed by atoms with van der Waals surface area (Å²) >= 11 is 0. The Morgan fingerprint density at radius 2 is 1.72 bits per heavy atom. The number of carbonyl (C=O) groups is 1. The van der Waals surface area contributed by atoms with Crippen molar-refractivity contribution < 1.29 is 4.79 Å². The molecule has 0 heterocycles. The van der Waals surface area contributed by atoms with Gasteiger partial charge in [0.05, 0.1) is 0 Å². The van der Waals surface area contributed by atoms with Crippen LogP contribution in [0, 0.1) is 5.92 Å². The van der Waals surface area contributed by atoms with E-state index in [4.69, 9.17) is 0 Å². The first-order valence-electron chi connectivity index (χ1n) is 6.55. The van der Waals surface area contributed by atoms with Crippen LogP contribution in [0.3, 0.4) is 0 Å². The van der Waals surface area contributed by atoms with Crippen molar-refractivity contribution in [3.05, 3.63) is 48.6 Å². The monoisotopic (exact) mass is 247 g/mol. The maximum atomic E-state index is 11.3. The Labute approximate surface area is 111 Å². The van der Waals surface area contributed by atoms with Crippen LogP contribution >= 0.6 is 0 Å². The highest BCUT2D eigenvalue weighted by Gasteiger charge is 1.96. The molecule has 0 radical (unpaired) electrons. The van der Waals surface area contributed by atoms with Crippen LogP contribution in [0.1, 0.15) is 33.6 Å². The lowest BCUT2D eigenvalue weighted by molar-refractivity contribution is -0.116. The van der Waals surface area contributed by atoms with E-state index >= 15 is 0 Å². The summed E-state index contributed by atoms with van der Waals surface area (Å²) in [4.78, 5) is 11.3. The first kappa shape index (κ1) is 16.4. The van der Waals surface area contributed by atoms with Crippen LogP contribution in [0.2, 0.25) is 0 Å². The van der Waals surface area contributed by atoms with Gasteiger partial charge in [0.15, 0.2) is 0 Å². The summed E-state index contributed by atoms with van der Waals surface area (Å²) in [5.74, 6) is 0.495. The number of unbranched alkanes of at least 4 members (excludes halogenated alkanes) is 1. The molecule has 2 heteroatoms. The van der Waals surface area contributed by atoms with Gasteiger partial charge in [-0.05, 0) is 31.8 Å². The van der Waals surface area contributed by atoms with Gasteiger partial charge in [0.2, 0.25) is 5.91 Å². The van der Waals surface area contributed by atoms with Crippen LogP contribution in [0.5, 0.6) is 0 Å². The Bertz CT molecular complexity index is 322. The minimum Gasteiger partial charge on any atom is -0.352 e. The molecule has 0 atom stereocenters. The van der Waals surface area contributed by atoms with Gasteiger partial charge in [0, 0.05) is 6.54 Å². The molecule has 0 fully saturated rings. The van der Waals surface area contributed by atoms with Gasteiger partial charge in [-0.2, -0.15) is 0 Å². The fraction of sp³-hybridized carbons (Fsp3) is 0.438. The van der Waals surface area contributed by atoms with E-state index in [-0.39, 0.29) is 5.91 Å². The van der Waals surface area contributed by atoms with Crippen molar-refractivity contribution in [2.75, 3.05) is 6.54 Å². The van der Waals surface area contributed by atoms with E-state index in [1.165, 1.54) is 0 Å². The number of rotatable bonds is 8. The lowest BCUT2D eigenvalue weighted by Crippen LogP contribution is -2.25. The molecule has 0 aliphatic heterocycles. The minimum atomic E-state index is 0.000610. The molecule has 0 spiro atoms. The average molecular weight is 247 g/mol. The van der Waals surface area contributed by atoms with Gasteiger partial charge in [0.25, 0.3) is 0 Å². The van der Waals surface area contributed by atoms with E-state index in [0.717, 1.165) is 19.4 Å². The van der Waals surface area contributed by atoms with Crippen molar-refractivity contribution in [2.24, 2.45) is 5.92 Å². The van der Waals surface area contributed by atoms with Gasteiger partial charge in [-0.15, -0.1) is 0 Å². The van der Waals surface area contributed by atoms with Gasteiger partial charge in [0.1, 0.15) is 0 Å². The minimum absolute atomic E-state index is 0.000610. The maximum absolute atomic E-state index is 11.3. The fourth-order valence-corrected chi connectivity index (χ4v) is 1.16. The number of allylic oxidation sites excluding steroid dienone is 7. The average Bonchev–Trinajstić information content (AvgIpc) is 2.34. The van der Waals surface area contributed by atoms with Crippen LogP contribution in [-0.2, 0) is 4.79 Å². The van der Waals surface area contributed by atoms with Gasteiger partial charge >= 0.3 is 0 Å². The normalized spacial score (nSPS) is 12.7. The van der Waals surface area contributed by atoms with E-state index in [1.54, 1.807) is 6.08 Å². The second-order valence-electron chi connectivity index (χ2n) is 4.46. The molecule has 0 aliphatic carbocycles. The second-order valence-corrected chi connectivity index (χ2v) is 4.46. The first-order chi connectivity index (χ1) is 8.66. The Balaban J connectivity index is 3.61. The number of hydrogen-bond donors (Lipinski definition) is 1. The Morgan fingerprint density at radius 1 is 1.06 bits per heavy atom. The van der Waals surface area contributed by atoms with Gasteiger partial charge in [-0.1, -0.05) is 56.4 Å². The van der Waals surface area contributed by atoms with Crippen molar-refractivity contribution in [1.29, 1.82) is 0 Å². The highest BCUT2D eigenvalue weighted by Crippen LogP contribution is 1.94. The molecule has 18 heavy (non-hydrogen) atoms. The predicted octanol–water partition coefficient (Wildman–Crippen LogP) is 3.78. The van der Waals surface area contributed by atoms with Crippen molar-refractivity contribution in [3.63, 3.8) is 0 Å². The molecule has 0 saturated heterocycles. The molecule has 0 rings (SSSR count). The summed E-state index contributed by atoms with van der Waals surface area (Å²) in [6.45, 7) is 6.88. The third-order valence-electron chi connectivity index (χ3n) is 2.12. The zero-order chi connectivity index (χ0) is 13.6. The van der Waals surface area contributed by atoms with E-state index in [2.05, 4.69) is 25.2 Å². The highest BCUT2D eigenvalue weighted by atomic mass is 16.1. The summed E-state index contributed by atoms with van der Waals surface area (Å²) in [6, 6.07) is 0. The zero-order valence-corrected chi connectivity index (χ0v) is 11.7. The third-order valence-corrected chi connectivity index (χ3v) is 2.12. The summed E-state index contributed by atoms with van der Waals surface area (Å²) in [5.41, 5.74) is 0. The topological polar surface area (TPSA) is 29.1 Å². The summed E-state index contributed by atoms with van der Waals surface area (Å²) in [5, 5.41) is 2.84. The lowest BCUT2D eigenvalue weighted by atomic mass is 10.2. The van der Waals surface area contributed by atoms with E-state index in [9.17, 15) is 4.79 Å². The van der Waals surface area contributed by atoms with Crippen LogP contribution in [-0.4, -0.2) is 12.5 Å². The molecule has 0 aromatic heterocycles. The largest absolute Gasteiger partial charge is 0.352 e. The SMILES string of the molecule is C/C=C/C=C/C=CCC/C=C/C(=O)NCC(C)C. The van der Waals surface area contributed by atoms with Crippen molar-refractivity contribution >= 4 is 5.91 Å². The van der Waals surface area contributed by atoms with E-state index < -0.39 is 0 Å². The predicted molar refractivity (Wildman–Crippen MR) is 79.3 cm³/mol. The number of amides is 1. The molecule has 0 aromatic carbocycles. The first-order valence-corrected chi connectivity index (χ1v) is 6.55. The zero-order valence-electron chi connectivity index (χ0n) is 11.7. The van der Waals surface area contributed by atoms with Gasteiger partial charge in [-0.3, -0.25) is 4.79 Å². The summed E-state index contributed by atoms with van der Waals surface area (Å²) in [7, 11) is 0. The molecule has 2 nitrogen and oxygen atoms in total. The standard InChI is InChI=1S/C16H25NO/c1-4-5-6-7-8-9-10-11-12-13-16(18)17-14-15(2)3/h4-9,12-13,15H,10-11,14H2,1-3H3,(H,17,18)/b5-4+,7-6+,9-8?,13-12+. The quantitative estimate of drug-likeness (QED) is 0.395. The molecule has 0 bridgehead atoms. The Hall–Kier alpha value is -1.57. The third kappa shape index (κ3) is 12.5. The number of carbonyl (C=O) groups excluding carboxylic acids is 1. The van der Waals surface area contributed by atoms with Crippen LogP contribution in [0.15, 0.2) is 48.6 Å². The molecular weight excluding hydrogens is 222 g/mol. The molecule has 0 saturated carbocycles. The molecule has 1 N–H and O–H groups in total.